The summed E-state index contributed by atoms with van der Waals surface area (Å²) in [4.78, 5) is 0. The number of ether oxygens (including phenoxy) is 1. The molecule has 2 aromatic rings. The second-order valence-electron chi connectivity index (χ2n) is 4.09. The van der Waals surface area contributed by atoms with Gasteiger partial charge in [-0.1, -0.05) is 23.3 Å². The van der Waals surface area contributed by atoms with E-state index < -0.39 is 0 Å². The lowest BCUT2D eigenvalue weighted by Gasteiger charge is -2.08. The predicted molar refractivity (Wildman–Crippen MR) is 73.9 cm³/mol. The first-order valence-corrected chi connectivity index (χ1v) is 6.45. The minimum absolute atomic E-state index is 0.299. The van der Waals surface area contributed by atoms with Crippen molar-refractivity contribution < 1.29 is 9.15 Å². The highest BCUT2D eigenvalue weighted by atomic mass is 35.5. The summed E-state index contributed by atoms with van der Waals surface area (Å²) in [6.07, 6.45) is 0.812. The average molecular weight is 282 g/mol. The maximum atomic E-state index is 5.88. The van der Waals surface area contributed by atoms with E-state index in [2.05, 4.69) is 15.5 Å². The van der Waals surface area contributed by atoms with Gasteiger partial charge < -0.3 is 14.5 Å². The molecule has 1 N–H and O–H groups in total. The van der Waals surface area contributed by atoms with Crippen LogP contribution in [0.3, 0.4) is 0 Å². The topological polar surface area (TPSA) is 60.2 Å². The fraction of sp³-hybridized carbons (Fsp3) is 0.385. The van der Waals surface area contributed by atoms with Crippen LogP contribution in [0.1, 0.15) is 23.8 Å². The Morgan fingerprint density at radius 1 is 1.37 bits per heavy atom. The number of hydrogen-bond acceptors (Lipinski definition) is 5. The molecule has 0 aliphatic rings. The summed E-state index contributed by atoms with van der Waals surface area (Å²) in [6.45, 7) is 2.44. The van der Waals surface area contributed by atoms with Gasteiger partial charge in [0, 0.05) is 12.8 Å². The standard InChI is InChI=1S/C13H16ClN3O2/c1-9(14)12-16-17-13(19-12)15-11-6-4-3-5-10(11)7-8-18-2/h3-6,9H,7-8H2,1-2H3,(H,15,17). The quantitative estimate of drug-likeness (QED) is 0.823. The largest absolute Gasteiger partial charge is 0.406 e. The molecule has 2 rings (SSSR count). The molecular weight excluding hydrogens is 266 g/mol. The van der Waals surface area contributed by atoms with Crippen LogP contribution in [-0.2, 0) is 11.2 Å². The van der Waals surface area contributed by atoms with E-state index in [-0.39, 0.29) is 5.38 Å². The Morgan fingerprint density at radius 2 is 2.16 bits per heavy atom. The Hall–Kier alpha value is -1.59. The van der Waals surface area contributed by atoms with Gasteiger partial charge in [0.05, 0.1) is 6.61 Å². The summed E-state index contributed by atoms with van der Waals surface area (Å²) in [7, 11) is 1.68. The van der Waals surface area contributed by atoms with E-state index in [1.54, 1.807) is 14.0 Å². The monoisotopic (exact) mass is 281 g/mol. The van der Waals surface area contributed by atoms with Gasteiger partial charge in [0.15, 0.2) is 0 Å². The normalized spacial score (nSPS) is 12.4. The van der Waals surface area contributed by atoms with Gasteiger partial charge in [0.25, 0.3) is 0 Å². The molecule has 0 amide bonds. The summed E-state index contributed by atoms with van der Waals surface area (Å²) in [5.74, 6) is 0.401. The molecular formula is C13H16ClN3O2. The maximum Gasteiger partial charge on any atom is 0.320 e. The number of nitrogens with zero attached hydrogens (tertiary/aromatic N) is 2. The molecule has 1 atom stereocenters. The smallest absolute Gasteiger partial charge is 0.320 e. The minimum Gasteiger partial charge on any atom is -0.406 e. The second-order valence-corrected chi connectivity index (χ2v) is 4.74. The molecule has 0 bridgehead atoms. The van der Waals surface area contributed by atoms with Crippen LogP contribution in [0.2, 0.25) is 0 Å². The van der Waals surface area contributed by atoms with Gasteiger partial charge in [0.1, 0.15) is 5.38 Å². The number of benzene rings is 1. The summed E-state index contributed by atoms with van der Waals surface area (Å²) in [6, 6.07) is 8.25. The van der Waals surface area contributed by atoms with Gasteiger partial charge in [-0.25, -0.2) is 0 Å². The van der Waals surface area contributed by atoms with Crippen molar-refractivity contribution >= 4 is 23.3 Å². The van der Waals surface area contributed by atoms with Crippen molar-refractivity contribution in [1.29, 1.82) is 0 Å². The SMILES string of the molecule is COCCc1ccccc1Nc1nnc(C(C)Cl)o1. The van der Waals surface area contributed by atoms with E-state index >= 15 is 0 Å². The number of nitrogens with one attached hydrogen (secondary N) is 1. The Morgan fingerprint density at radius 3 is 2.84 bits per heavy atom. The van der Waals surface area contributed by atoms with Gasteiger partial charge in [-0.05, 0) is 25.0 Å². The summed E-state index contributed by atoms with van der Waals surface area (Å²) in [5, 5.41) is 10.6. The maximum absolute atomic E-state index is 5.88. The van der Waals surface area contributed by atoms with Gasteiger partial charge in [-0.15, -0.1) is 16.7 Å². The molecule has 0 spiro atoms. The lowest BCUT2D eigenvalue weighted by Crippen LogP contribution is -2.00. The van der Waals surface area contributed by atoms with Crippen LogP contribution in [0.25, 0.3) is 0 Å². The van der Waals surface area contributed by atoms with E-state index in [1.165, 1.54) is 0 Å². The first-order chi connectivity index (χ1) is 9.20. The summed E-state index contributed by atoms with van der Waals surface area (Å²) in [5.41, 5.74) is 2.06. The van der Waals surface area contributed by atoms with Crippen molar-refractivity contribution in [2.45, 2.75) is 18.7 Å². The van der Waals surface area contributed by atoms with Gasteiger partial charge in [-0.3, -0.25) is 0 Å². The summed E-state index contributed by atoms with van der Waals surface area (Å²) < 4.78 is 10.5. The van der Waals surface area contributed by atoms with Crippen LogP contribution in [0.5, 0.6) is 0 Å². The molecule has 1 aromatic carbocycles. The number of para-hydroxylation sites is 1. The van der Waals surface area contributed by atoms with Gasteiger partial charge in [0.2, 0.25) is 5.89 Å². The number of alkyl halides is 1. The first kappa shape index (κ1) is 13.8. The molecule has 6 heteroatoms. The van der Waals surface area contributed by atoms with E-state index in [9.17, 15) is 0 Å². The van der Waals surface area contributed by atoms with E-state index in [0.717, 1.165) is 17.7 Å². The van der Waals surface area contributed by atoms with Crippen LogP contribution < -0.4 is 5.32 Å². The highest BCUT2D eigenvalue weighted by Gasteiger charge is 2.12. The zero-order valence-electron chi connectivity index (χ0n) is 10.9. The Bertz CT molecular complexity index is 528. The molecule has 0 saturated heterocycles. The third-order valence-electron chi connectivity index (χ3n) is 2.62. The lowest BCUT2D eigenvalue weighted by atomic mass is 10.1. The molecule has 102 valence electrons. The number of aromatic nitrogens is 2. The fourth-order valence-electron chi connectivity index (χ4n) is 1.63. The Kier molecular flexibility index (Phi) is 4.76. The van der Waals surface area contributed by atoms with Crippen LogP contribution in [0.4, 0.5) is 11.7 Å². The Labute approximate surface area is 116 Å². The van der Waals surface area contributed by atoms with E-state index in [0.29, 0.717) is 18.5 Å². The Balaban J connectivity index is 2.13. The highest BCUT2D eigenvalue weighted by molar-refractivity contribution is 6.20. The molecule has 1 unspecified atom stereocenters. The highest BCUT2D eigenvalue weighted by Crippen LogP contribution is 2.23. The molecule has 19 heavy (non-hydrogen) atoms. The number of anilines is 2. The number of methoxy groups -OCH3 is 1. The molecule has 0 radical (unpaired) electrons. The lowest BCUT2D eigenvalue weighted by molar-refractivity contribution is 0.202. The third kappa shape index (κ3) is 3.68. The predicted octanol–water partition coefficient (Wildman–Crippen LogP) is 3.30. The van der Waals surface area contributed by atoms with Gasteiger partial charge >= 0.3 is 6.01 Å². The van der Waals surface area contributed by atoms with Crippen molar-refractivity contribution in [2.75, 3.05) is 19.0 Å². The van der Waals surface area contributed by atoms with Crippen LogP contribution in [0.15, 0.2) is 28.7 Å². The van der Waals surface area contributed by atoms with E-state index in [1.807, 2.05) is 24.3 Å². The summed E-state index contributed by atoms with van der Waals surface area (Å²) >= 11 is 5.88. The second kappa shape index (κ2) is 6.54. The molecule has 0 aliphatic heterocycles. The molecule has 5 nitrogen and oxygen atoms in total. The van der Waals surface area contributed by atoms with Crippen molar-refractivity contribution in [2.24, 2.45) is 0 Å². The molecule has 0 saturated carbocycles. The molecule has 0 fully saturated rings. The van der Waals surface area contributed by atoms with E-state index in [4.69, 9.17) is 20.8 Å². The van der Waals surface area contributed by atoms with Crippen molar-refractivity contribution in [3.63, 3.8) is 0 Å². The fourth-order valence-corrected chi connectivity index (χ4v) is 1.72. The number of hydrogen-bond donors (Lipinski definition) is 1. The minimum atomic E-state index is -0.299. The number of rotatable bonds is 6. The zero-order valence-corrected chi connectivity index (χ0v) is 11.6. The molecule has 0 aliphatic carbocycles. The van der Waals surface area contributed by atoms with Crippen LogP contribution in [0, 0.1) is 0 Å². The van der Waals surface area contributed by atoms with Crippen molar-refractivity contribution in [1.82, 2.24) is 10.2 Å². The average Bonchev–Trinajstić information content (AvgIpc) is 2.86. The number of halogens is 1. The molecule has 1 heterocycles. The third-order valence-corrected chi connectivity index (χ3v) is 2.80. The van der Waals surface area contributed by atoms with Crippen LogP contribution in [-0.4, -0.2) is 23.9 Å². The zero-order chi connectivity index (χ0) is 13.7. The van der Waals surface area contributed by atoms with Crippen molar-refractivity contribution in [3.8, 4) is 0 Å². The van der Waals surface area contributed by atoms with Gasteiger partial charge in [-0.2, -0.15) is 0 Å². The van der Waals surface area contributed by atoms with Crippen LogP contribution >= 0.6 is 11.6 Å². The molecule has 1 aromatic heterocycles. The van der Waals surface area contributed by atoms with Crippen molar-refractivity contribution in [3.05, 3.63) is 35.7 Å². The first-order valence-electron chi connectivity index (χ1n) is 6.02.